The molecule has 25 heavy (non-hydrogen) atoms. The monoisotopic (exact) mass is 337 g/mol. The molecule has 1 aliphatic carbocycles. The zero-order chi connectivity index (χ0) is 18.2. The van der Waals surface area contributed by atoms with Crippen molar-refractivity contribution in [3.63, 3.8) is 0 Å². The molecule has 0 fully saturated rings. The van der Waals surface area contributed by atoms with Crippen LogP contribution in [-0.4, -0.2) is 23.8 Å². The quantitative estimate of drug-likeness (QED) is 0.742. The van der Waals surface area contributed by atoms with Crippen LogP contribution in [-0.2, 0) is 6.54 Å². The van der Waals surface area contributed by atoms with E-state index in [4.69, 9.17) is 4.74 Å². The normalized spacial score (nSPS) is 22.0. The molecule has 3 nitrogen and oxygen atoms in total. The van der Waals surface area contributed by atoms with Crippen molar-refractivity contribution in [1.82, 2.24) is 4.90 Å². The summed E-state index contributed by atoms with van der Waals surface area (Å²) in [5.74, 6) is 1.25. The second kappa shape index (κ2) is 6.55. The van der Waals surface area contributed by atoms with Gasteiger partial charge in [0.15, 0.2) is 5.78 Å². The molecule has 0 spiro atoms. The molecular weight excluding hydrogens is 310 g/mol. The van der Waals surface area contributed by atoms with Crippen LogP contribution in [0.25, 0.3) is 0 Å². The Kier molecular flexibility index (Phi) is 4.59. The van der Waals surface area contributed by atoms with Gasteiger partial charge in [-0.3, -0.25) is 4.79 Å². The lowest BCUT2D eigenvalue weighted by Crippen LogP contribution is -2.31. The maximum absolute atomic E-state index is 11.6. The van der Waals surface area contributed by atoms with E-state index in [-0.39, 0.29) is 11.2 Å². The number of nitrogens with zero attached hydrogens (tertiary/aromatic N) is 1. The van der Waals surface area contributed by atoms with E-state index in [1.54, 1.807) is 14.0 Å². The van der Waals surface area contributed by atoms with E-state index in [1.165, 1.54) is 5.57 Å². The molecule has 1 heterocycles. The Bertz CT molecular complexity index is 765. The Morgan fingerprint density at radius 3 is 2.64 bits per heavy atom. The van der Waals surface area contributed by atoms with E-state index >= 15 is 0 Å². The van der Waals surface area contributed by atoms with Crippen molar-refractivity contribution in [2.24, 2.45) is 11.3 Å². The largest absolute Gasteiger partial charge is 0.496 e. The maximum atomic E-state index is 11.6. The highest BCUT2D eigenvalue weighted by molar-refractivity contribution is 5.94. The van der Waals surface area contributed by atoms with Crippen molar-refractivity contribution in [1.29, 1.82) is 0 Å². The van der Waals surface area contributed by atoms with E-state index in [1.807, 2.05) is 18.2 Å². The van der Waals surface area contributed by atoms with Crippen LogP contribution in [0.3, 0.4) is 0 Å². The molecule has 3 rings (SSSR count). The SMILES string of the molecule is COc1cc(C(C)=O)ccc1CN1C=CC2C=C(C(C)(C)C)C=CC21. The second-order valence-corrected chi connectivity index (χ2v) is 7.90. The third-order valence-corrected chi connectivity index (χ3v) is 5.03. The molecule has 0 saturated heterocycles. The highest BCUT2D eigenvalue weighted by Gasteiger charge is 2.30. The average molecular weight is 337 g/mol. The van der Waals surface area contributed by atoms with Crippen molar-refractivity contribution in [3.05, 3.63) is 65.4 Å². The number of rotatable bonds is 4. The van der Waals surface area contributed by atoms with Crippen molar-refractivity contribution >= 4 is 5.78 Å². The van der Waals surface area contributed by atoms with Gasteiger partial charge >= 0.3 is 0 Å². The third-order valence-electron chi connectivity index (χ3n) is 5.03. The summed E-state index contributed by atoms with van der Waals surface area (Å²) in [7, 11) is 1.66. The van der Waals surface area contributed by atoms with Crippen LogP contribution in [0.5, 0.6) is 5.75 Å². The molecule has 0 N–H and O–H groups in total. The van der Waals surface area contributed by atoms with Crippen LogP contribution in [0.4, 0.5) is 0 Å². The lowest BCUT2D eigenvalue weighted by atomic mass is 9.80. The fourth-order valence-electron chi connectivity index (χ4n) is 3.45. The molecular formula is C22H27NO2. The number of ketones is 1. The average Bonchev–Trinajstić information content (AvgIpc) is 2.96. The van der Waals surface area contributed by atoms with Crippen LogP contribution < -0.4 is 4.74 Å². The lowest BCUT2D eigenvalue weighted by molar-refractivity contribution is 0.101. The van der Waals surface area contributed by atoms with Gasteiger partial charge < -0.3 is 9.64 Å². The van der Waals surface area contributed by atoms with Crippen LogP contribution in [0.2, 0.25) is 0 Å². The third kappa shape index (κ3) is 3.55. The number of Topliss-reactive ketones (excluding diaryl/α,β-unsaturated/α-hetero) is 1. The first kappa shape index (κ1) is 17.5. The number of allylic oxidation sites excluding steroid dienone is 2. The van der Waals surface area contributed by atoms with Gasteiger partial charge in [-0.2, -0.15) is 0 Å². The van der Waals surface area contributed by atoms with E-state index in [2.05, 4.69) is 56.2 Å². The molecule has 3 heteroatoms. The summed E-state index contributed by atoms with van der Waals surface area (Å²) in [6, 6.07) is 6.07. The van der Waals surface area contributed by atoms with Gasteiger partial charge in [0.25, 0.3) is 0 Å². The summed E-state index contributed by atoms with van der Waals surface area (Å²) < 4.78 is 5.51. The molecule has 0 bridgehead atoms. The number of benzene rings is 1. The Hall–Kier alpha value is -2.29. The van der Waals surface area contributed by atoms with Gasteiger partial charge in [0.2, 0.25) is 0 Å². The summed E-state index contributed by atoms with van der Waals surface area (Å²) in [5, 5.41) is 0. The Morgan fingerprint density at radius 1 is 1.24 bits per heavy atom. The molecule has 0 radical (unpaired) electrons. The smallest absolute Gasteiger partial charge is 0.159 e. The van der Waals surface area contributed by atoms with Gasteiger partial charge in [-0.1, -0.05) is 57.2 Å². The number of fused-ring (bicyclic) bond motifs is 1. The first-order valence-corrected chi connectivity index (χ1v) is 8.82. The fraction of sp³-hybridized carbons (Fsp3) is 0.409. The van der Waals surface area contributed by atoms with E-state index in [0.717, 1.165) is 17.9 Å². The Morgan fingerprint density at radius 2 is 2.00 bits per heavy atom. The number of carbonyl (C=O) groups excluding carboxylic acids is 1. The minimum absolute atomic E-state index is 0.0565. The van der Waals surface area contributed by atoms with Gasteiger partial charge in [0.1, 0.15) is 5.75 Å². The second-order valence-electron chi connectivity index (χ2n) is 7.90. The highest BCUT2D eigenvalue weighted by Crippen LogP contribution is 2.36. The molecule has 2 aliphatic rings. The minimum Gasteiger partial charge on any atom is -0.496 e. The maximum Gasteiger partial charge on any atom is 0.159 e. The first-order valence-electron chi connectivity index (χ1n) is 8.82. The predicted molar refractivity (Wildman–Crippen MR) is 102 cm³/mol. The standard InChI is InChI=1S/C22H27NO2/c1-15(24)16-6-7-18(21(13-16)25-5)14-23-11-10-17-12-19(22(2,3)4)8-9-20(17)23/h6-13,17,20H,14H2,1-5H3. The van der Waals surface area contributed by atoms with Crippen LogP contribution in [0, 0.1) is 11.3 Å². The summed E-state index contributed by atoms with van der Waals surface area (Å²) in [4.78, 5) is 13.9. The number of hydrogen-bond donors (Lipinski definition) is 0. The molecule has 0 amide bonds. The number of hydrogen-bond acceptors (Lipinski definition) is 3. The fourth-order valence-corrected chi connectivity index (χ4v) is 3.45. The molecule has 2 unspecified atom stereocenters. The van der Waals surface area contributed by atoms with Crippen LogP contribution in [0.15, 0.2) is 54.3 Å². The molecule has 1 aromatic rings. The van der Waals surface area contributed by atoms with Crippen LogP contribution in [0.1, 0.15) is 43.6 Å². The van der Waals surface area contributed by atoms with Gasteiger partial charge in [-0.05, 0) is 30.2 Å². The van der Waals surface area contributed by atoms with E-state index < -0.39 is 0 Å². The summed E-state index contributed by atoms with van der Waals surface area (Å²) in [6.07, 6.45) is 11.4. The van der Waals surface area contributed by atoms with Gasteiger partial charge in [0.05, 0.1) is 13.2 Å². The first-order chi connectivity index (χ1) is 11.8. The van der Waals surface area contributed by atoms with Crippen molar-refractivity contribution < 1.29 is 9.53 Å². The van der Waals surface area contributed by atoms with Crippen LogP contribution >= 0.6 is 0 Å². The van der Waals surface area contributed by atoms with Gasteiger partial charge in [-0.25, -0.2) is 0 Å². The van der Waals surface area contributed by atoms with E-state index in [9.17, 15) is 4.79 Å². The van der Waals surface area contributed by atoms with E-state index in [0.29, 0.717) is 17.5 Å². The molecule has 2 atom stereocenters. The number of methoxy groups -OCH3 is 1. The Labute approximate surface area is 150 Å². The summed E-state index contributed by atoms with van der Waals surface area (Å²) in [6.45, 7) is 9.10. The minimum atomic E-state index is 0.0565. The zero-order valence-corrected chi connectivity index (χ0v) is 15.7. The predicted octanol–water partition coefficient (Wildman–Crippen LogP) is 4.75. The van der Waals surface area contributed by atoms with Crippen molar-refractivity contribution in [3.8, 4) is 5.75 Å². The highest BCUT2D eigenvalue weighted by atomic mass is 16.5. The van der Waals surface area contributed by atoms with Gasteiger partial charge in [-0.15, -0.1) is 0 Å². The number of ether oxygens (including phenoxy) is 1. The molecule has 1 aromatic carbocycles. The molecule has 0 aromatic heterocycles. The van der Waals surface area contributed by atoms with Crippen molar-refractivity contribution in [2.45, 2.75) is 40.3 Å². The zero-order valence-electron chi connectivity index (χ0n) is 15.7. The Balaban J connectivity index is 1.78. The topological polar surface area (TPSA) is 29.5 Å². The van der Waals surface area contributed by atoms with Crippen molar-refractivity contribution in [2.75, 3.05) is 7.11 Å². The van der Waals surface area contributed by atoms with Gasteiger partial charge in [0, 0.05) is 23.6 Å². The summed E-state index contributed by atoms with van der Waals surface area (Å²) >= 11 is 0. The lowest BCUT2D eigenvalue weighted by Gasteiger charge is -2.32. The molecule has 1 aliphatic heterocycles. The summed E-state index contributed by atoms with van der Waals surface area (Å²) in [5.41, 5.74) is 3.35. The number of carbonyl (C=O) groups is 1. The molecule has 132 valence electrons. The molecule has 0 saturated carbocycles.